The van der Waals surface area contributed by atoms with Gasteiger partial charge in [0.25, 0.3) is 0 Å². The molecule has 0 saturated carbocycles. The van der Waals surface area contributed by atoms with Gasteiger partial charge in [0.05, 0.1) is 0 Å². The van der Waals surface area contributed by atoms with E-state index in [-0.39, 0.29) is 38.8 Å². The minimum absolute atomic E-state index is 0. The smallest absolute Gasteiger partial charge is 0.150 e. The fourth-order valence-electron chi connectivity index (χ4n) is 1.16. The number of hydrogen-bond acceptors (Lipinski definition) is 2. The summed E-state index contributed by atoms with van der Waals surface area (Å²) in [4.78, 5) is 10.2. The van der Waals surface area contributed by atoms with E-state index in [1.807, 2.05) is 0 Å². The van der Waals surface area contributed by atoms with Crippen LogP contribution in [0.4, 0.5) is 4.79 Å². The van der Waals surface area contributed by atoms with Crippen molar-refractivity contribution in [3.8, 4) is 0 Å². The monoisotopic (exact) mass is 231 g/mol. The van der Waals surface area contributed by atoms with Gasteiger partial charge in [-0.2, -0.15) is 0 Å². The predicted octanol–water partition coefficient (Wildman–Crippen LogP) is 0.498. The largest absolute Gasteiger partial charge is 0.447 e. The van der Waals surface area contributed by atoms with Crippen molar-refractivity contribution in [2.45, 2.75) is 18.9 Å². The molecule has 4 nitrogen and oxygen atoms in total. The average molecular weight is 231 g/mol. The summed E-state index contributed by atoms with van der Waals surface area (Å²) >= 11 is 0. The van der Waals surface area contributed by atoms with Gasteiger partial charge in [0.2, 0.25) is 0 Å². The fourth-order valence-corrected chi connectivity index (χ4v) is 1.16. The summed E-state index contributed by atoms with van der Waals surface area (Å²) in [5.41, 5.74) is 6.64. The molecule has 0 aromatic heterocycles. The van der Waals surface area contributed by atoms with E-state index in [1.54, 1.807) is 0 Å². The van der Waals surface area contributed by atoms with Gasteiger partial charge in [0, 0.05) is 32.7 Å². The van der Waals surface area contributed by atoms with Gasteiger partial charge in [-0.05, 0) is 32.0 Å². The van der Waals surface area contributed by atoms with Crippen LogP contribution in [0.25, 0.3) is 5.73 Å². The second kappa shape index (κ2) is 5.92. The molecule has 1 radical (unpaired) electrons. The number of carbonyl (C=O) groups excluding carboxylic acids is 1. The molecule has 0 spiro atoms. The SMILES string of the molecule is [NH-]C(=O)NC1CCCNC1.[Y]. The van der Waals surface area contributed by atoms with Crippen LogP contribution in [0.5, 0.6) is 0 Å². The van der Waals surface area contributed by atoms with E-state index >= 15 is 0 Å². The zero-order valence-corrected chi connectivity index (χ0v) is 9.23. The van der Waals surface area contributed by atoms with E-state index in [4.69, 9.17) is 5.73 Å². The first kappa shape index (κ1) is 11.3. The number of hydrogen-bond donors (Lipinski definition) is 2. The second-order valence-electron chi connectivity index (χ2n) is 2.52. The summed E-state index contributed by atoms with van der Waals surface area (Å²) < 4.78 is 0. The number of piperidine rings is 1. The van der Waals surface area contributed by atoms with Gasteiger partial charge >= 0.3 is 0 Å². The Hall–Kier alpha value is 0.334. The zero-order chi connectivity index (χ0) is 7.40. The first-order valence-corrected chi connectivity index (χ1v) is 3.52. The molecule has 1 aliphatic rings. The molecule has 1 unspecified atom stereocenters. The normalized spacial score (nSPS) is 23.5. The van der Waals surface area contributed by atoms with Crippen molar-refractivity contribution in [3.05, 3.63) is 5.73 Å². The minimum Gasteiger partial charge on any atom is -0.447 e. The van der Waals surface area contributed by atoms with E-state index in [1.165, 1.54) is 0 Å². The molecule has 5 heteroatoms. The van der Waals surface area contributed by atoms with E-state index in [0.717, 1.165) is 25.9 Å². The van der Waals surface area contributed by atoms with Crippen LogP contribution >= 0.6 is 0 Å². The van der Waals surface area contributed by atoms with Gasteiger partial charge in [-0.3, -0.25) is 4.79 Å². The van der Waals surface area contributed by atoms with Gasteiger partial charge < -0.3 is 16.4 Å². The first-order chi connectivity index (χ1) is 4.79. The van der Waals surface area contributed by atoms with Crippen molar-refractivity contribution in [1.29, 1.82) is 0 Å². The van der Waals surface area contributed by atoms with Gasteiger partial charge in [0.15, 0.2) is 0 Å². The topological polar surface area (TPSA) is 64.9 Å². The maximum absolute atomic E-state index is 10.2. The molecule has 61 valence electrons. The molecule has 2 amide bonds. The number of rotatable bonds is 1. The van der Waals surface area contributed by atoms with Crippen LogP contribution in [0, 0.1) is 0 Å². The molecule has 3 N–H and O–H groups in total. The van der Waals surface area contributed by atoms with Crippen LogP contribution in [-0.4, -0.2) is 25.2 Å². The molecule has 1 saturated heterocycles. The molecule has 1 aliphatic heterocycles. The van der Waals surface area contributed by atoms with Crippen LogP contribution in [0.1, 0.15) is 12.8 Å². The van der Waals surface area contributed by atoms with Crippen molar-refractivity contribution in [1.82, 2.24) is 10.6 Å². The summed E-state index contributed by atoms with van der Waals surface area (Å²) in [6, 6.07) is -0.493. The molecule has 1 fully saturated rings. The maximum atomic E-state index is 10.2. The Kier molecular flexibility index (Phi) is 6.10. The summed E-state index contributed by atoms with van der Waals surface area (Å²) in [6.07, 6.45) is 2.09. The Balaban J connectivity index is 0.000001000. The Bertz CT molecular complexity index is 125. The Labute approximate surface area is 91.5 Å². The maximum Gasteiger partial charge on any atom is 0.150 e. The van der Waals surface area contributed by atoms with Crippen molar-refractivity contribution < 1.29 is 37.5 Å². The van der Waals surface area contributed by atoms with Crippen LogP contribution in [0.2, 0.25) is 0 Å². The van der Waals surface area contributed by atoms with Gasteiger partial charge in [-0.15, -0.1) is 0 Å². The summed E-state index contributed by atoms with van der Waals surface area (Å²) in [6.45, 7) is 1.84. The standard InChI is InChI=1S/C6H13N3O.Y/c7-6(10)9-5-2-1-3-8-4-5;/h5,8H,1-4H2,(H3,7,9,10);/p-1. The third-order valence-corrected chi connectivity index (χ3v) is 1.63. The zero-order valence-electron chi connectivity index (χ0n) is 6.39. The number of nitrogens with one attached hydrogen (secondary N) is 3. The first-order valence-electron chi connectivity index (χ1n) is 3.52. The van der Waals surface area contributed by atoms with Gasteiger partial charge in [-0.25, -0.2) is 0 Å². The molecule has 0 bridgehead atoms. The molecule has 1 heterocycles. The summed E-state index contributed by atoms with van der Waals surface area (Å²) in [5.74, 6) is 0. The van der Waals surface area contributed by atoms with Crippen LogP contribution in [-0.2, 0) is 32.7 Å². The van der Waals surface area contributed by atoms with Crippen molar-refractivity contribution in [3.63, 3.8) is 0 Å². The van der Waals surface area contributed by atoms with E-state index in [2.05, 4.69) is 10.6 Å². The van der Waals surface area contributed by atoms with E-state index in [0.29, 0.717) is 0 Å². The van der Waals surface area contributed by atoms with Crippen molar-refractivity contribution in [2.75, 3.05) is 13.1 Å². The Morgan fingerprint density at radius 3 is 2.82 bits per heavy atom. The molecule has 1 rings (SSSR count). The quantitative estimate of drug-likeness (QED) is 0.690. The minimum atomic E-state index is -0.672. The van der Waals surface area contributed by atoms with Crippen molar-refractivity contribution in [2.24, 2.45) is 0 Å². The molecular formula is C6H12N3OY-. The molecular weight excluding hydrogens is 219 g/mol. The molecule has 0 aromatic rings. The van der Waals surface area contributed by atoms with Crippen molar-refractivity contribution >= 4 is 6.03 Å². The summed E-state index contributed by atoms with van der Waals surface area (Å²) in [5, 5.41) is 5.69. The van der Waals surface area contributed by atoms with Gasteiger partial charge in [-0.1, -0.05) is 0 Å². The number of urea groups is 1. The Morgan fingerprint density at radius 2 is 2.36 bits per heavy atom. The van der Waals surface area contributed by atoms with E-state index < -0.39 is 6.03 Å². The third-order valence-electron chi connectivity index (χ3n) is 1.63. The molecule has 1 atom stereocenters. The van der Waals surface area contributed by atoms with Gasteiger partial charge in [0.1, 0.15) is 6.03 Å². The summed E-state index contributed by atoms with van der Waals surface area (Å²) in [7, 11) is 0. The van der Waals surface area contributed by atoms with Crippen LogP contribution < -0.4 is 10.6 Å². The predicted molar refractivity (Wildman–Crippen MR) is 38.7 cm³/mol. The number of carbonyl (C=O) groups is 1. The molecule has 0 aliphatic carbocycles. The van der Waals surface area contributed by atoms with Crippen LogP contribution in [0.3, 0.4) is 0 Å². The molecule has 0 aromatic carbocycles. The second-order valence-corrected chi connectivity index (χ2v) is 2.52. The fraction of sp³-hybridized carbons (Fsp3) is 0.833. The molecule has 11 heavy (non-hydrogen) atoms. The van der Waals surface area contributed by atoms with Crippen LogP contribution in [0.15, 0.2) is 0 Å². The van der Waals surface area contributed by atoms with E-state index in [9.17, 15) is 4.79 Å². The average Bonchev–Trinajstić information content (AvgIpc) is 1.88. The number of amides is 2. The third kappa shape index (κ3) is 4.72. The Morgan fingerprint density at radius 1 is 1.64 bits per heavy atom.